The monoisotopic (exact) mass is 483 g/mol. The van der Waals surface area contributed by atoms with E-state index in [0.717, 1.165) is 18.4 Å². The molecule has 1 saturated heterocycles. The van der Waals surface area contributed by atoms with Crippen LogP contribution in [0.15, 0.2) is 30.9 Å². The van der Waals surface area contributed by atoms with Gasteiger partial charge in [-0.2, -0.15) is 0 Å². The van der Waals surface area contributed by atoms with Gasteiger partial charge in [0.15, 0.2) is 6.54 Å². The van der Waals surface area contributed by atoms with Crippen molar-refractivity contribution in [3.63, 3.8) is 0 Å². The summed E-state index contributed by atoms with van der Waals surface area (Å²) in [6, 6.07) is 5.37. The van der Waals surface area contributed by atoms with Crippen LogP contribution in [0.3, 0.4) is 0 Å². The molecule has 0 saturated carbocycles. The zero-order valence-electron chi connectivity index (χ0n) is 13.6. The van der Waals surface area contributed by atoms with Gasteiger partial charge in [-0.3, -0.25) is 0 Å². The van der Waals surface area contributed by atoms with E-state index >= 15 is 0 Å². The highest BCUT2D eigenvalue weighted by Gasteiger charge is 2.46. The Morgan fingerprint density at radius 3 is 2.83 bits per heavy atom. The number of aromatic nitrogens is 3. The normalized spacial score (nSPS) is 23.2. The maximum Gasteiger partial charge on any atom is 0.264 e. The van der Waals surface area contributed by atoms with Crippen molar-refractivity contribution >= 4 is 23.2 Å². The first-order valence-corrected chi connectivity index (χ1v) is 8.43. The van der Waals surface area contributed by atoms with Gasteiger partial charge in [-0.25, -0.2) is 4.57 Å². The second-order valence-corrected chi connectivity index (χ2v) is 6.67. The van der Waals surface area contributed by atoms with Gasteiger partial charge in [-0.05, 0) is 18.6 Å². The van der Waals surface area contributed by atoms with Crippen LogP contribution in [0.4, 0.5) is 0 Å². The predicted octanol–water partition coefficient (Wildman–Crippen LogP) is 0.0869. The molecule has 1 aliphatic rings. The van der Waals surface area contributed by atoms with Crippen molar-refractivity contribution in [3.05, 3.63) is 46.5 Å². The average molecular weight is 484 g/mol. The zero-order valence-corrected chi connectivity index (χ0v) is 17.3. The summed E-state index contributed by atoms with van der Waals surface area (Å²) in [4.78, 5) is 0. The van der Waals surface area contributed by atoms with E-state index in [-0.39, 0.29) is 30.1 Å². The molecule has 3 rings (SSSR count). The summed E-state index contributed by atoms with van der Waals surface area (Å²) in [5, 5.41) is 5.44. The molecule has 2 unspecified atom stereocenters. The van der Waals surface area contributed by atoms with Crippen LogP contribution in [-0.4, -0.2) is 22.5 Å². The van der Waals surface area contributed by atoms with Crippen molar-refractivity contribution in [2.24, 2.45) is 7.05 Å². The molecule has 2 atom stereocenters. The quantitative estimate of drug-likeness (QED) is 0.447. The number of hydrogen-bond acceptors (Lipinski definition) is 3. The molecule has 0 radical (unpaired) electrons. The third-order valence-electron chi connectivity index (χ3n) is 3.88. The van der Waals surface area contributed by atoms with Crippen molar-refractivity contribution < 1.29 is 38.0 Å². The molecular formula is C16H20Cl2IN3O2. The summed E-state index contributed by atoms with van der Waals surface area (Å²) < 4.78 is 16.1. The van der Waals surface area contributed by atoms with E-state index in [0.29, 0.717) is 23.2 Å². The number of rotatable bonds is 5. The van der Waals surface area contributed by atoms with Crippen LogP contribution < -0.4 is 28.5 Å². The predicted molar refractivity (Wildman–Crippen MR) is 87.3 cm³/mol. The second-order valence-electron chi connectivity index (χ2n) is 5.83. The SMILES string of the molecule is CCCC1COC(Cn2c[n+](C)cn2)(c2ccc(Cl)cc2Cl)O1.[I-]. The van der Waals surface area contributed by atoms with Crippen LogP contribution in [0, 0.1) is 0 Å². The Morgan fingerprint density at radius 1 is 1.42 bits per heavy atom. The molecule has 24 heavy (non-hydrogen) atoms. The lowest BCUT2D eigenvalue weighted by molar-refractivity contribution is -0.672. The number of ether oxygens (including phenoxy) is 2. The van der Waals surface area contributed by atoms with Crippen molar-refractivity contribution in [2.45, 2.75) is 38.2 Å². The van der Waals surface area contributed by atoms with Crippen LogP contribution in [0.2, 0.25) is 10.0 Å². The number of aryl methyl sites for hydroxylation is 1. The molecule has 1 fully saturated rings. The maximum absolute atomic E-state index is 6.42. The zero-order chi connectivity index (χ0) is 16.4. The topological polar surface area (TPSA) is 40.2 Å². The molecule has 0 spiro atoms. The minimum atomic E-state index is -0.944. The Kier molecular flexibility index (Phi) is 6.90. The number of hydrogen-bond donors (Lipinski definition) is 0. The lowest BCUT2D eigenvalue weighted by atomic mass is 10.1. The minimum absolute atomic E-state index is 0. The highest BCUT2D eigenvalue weighted by atomic mass is 127. The molecule has 0 bridgehead atoms. The number of nitrogens with zero attached hydrogens (tertiary/aromatic N) is 3. The third-order valence-corrected chi connectivity index (χ3v) is 4.43. The van der Waals surface area contributed by atoms with Crippen molar-refractivity contribution in [2.75, 3.05) is 6.61 Å². The van der Waals surface area contributed by atoms with Gasteiger partial charge in [0, 0.05) is 15.7 Å². The lowest BCUT2D eigenvalue weighted by Gasteiger charge is -2.27. The lowest BCUT2D eigenvalue weighted by Crippen LogP contribution is -3.00. The van der Waals surface area contributed by atoms with E-state index in [4.69, 9.17) is 32.7 Å². The van der Waals surface area contributed by atoms with Crippen LogP contribution in [-0.2, 0) is 28.9 Å². The fraction of sp³-hybridized carbons (Fsp3) is 0.500. The Balaban J connectivity index is 0.00000208. The molecule has 2 aromatic rings. The van der Waals surface area contributed by atoms with E-state index in [9.17, 15) is 0 Å². The Bertz CT molecular complexity index is 698. The molecule has 1 aliphatic heterocycles. The van der Waals surface area contributed by atoms with Crippen LogP contribution in [0.25, 0.3) is 0 Å². The molecule has 0 aliphatic carbocycles. The van der Waals surface area contributed by atoms with Gasteiger partial charge in [-0.1, -0.05) is 42.6 Å². The maximum atomic E-state index is 6.42. The standard InChI is InChI=1S/C16H20Cl2N3O2.HI/c1-3-4-13-8-22-16(23-13,9-21-11-20(2)10-19-21)14-6-5-12(17)7-15(14)18;/h5-7,10-11,13H,3-4,8-9H2,1-2H3;1H/q+1;/p-1. The summed E-state index contributed by atoms with van der Waals surface area (Å²) in [6.07, 6.45) is 5.65. The molecule has 132 valence electrons. The summed E-state index contributed by atoms with van der Waals surface area (Å²) >= 11 is 12.4. The first-order valence-electron chi connectivity index (χ1n) is 7.67. The molecule has 8 heteroatoms. The Hall–Kier alpha value is -0.410. The molecular weight excluding hydrogens is 464 g/mol. The fourth-order valence-corrected chi connectivity index (χ4v) is 3.40. The smallest absolute Gasteiger partial charge is 0.264 e. The van der Waals surface area contributed by atoms with Crippen LogP contribution in [0.5, 0.6) is 0 Å². The van der Waals surface area contributed by atoms with E-state index in [1.807, 2.05) is 24.0 Å². The fourth-order valence-electron chi connectivity index (χ4n) is 2.85. The minimum Gasteiger partial charge on any atom is -1.00 e. The Morgan fingerprint density at radius 2 is 2.21 bits per heavy atom. The van der Waals surface area contributed by atoms with Crippen LogP contribution in [0.1, 0.15) is 25.3 Å². The molecule has 5 nitrogen and oxygen atoms in total. The highest BCUT2D eigenvalue weighted by molar-refractivity contribution is 6.35. The third kappa shape index (κ3) is 4.22. The summed E-state index contributed by atoms with van der Waals surface area (Å²) in [6.45, 7) is 3.10. The second kappa shape index (κ2) is 8.31. The molecule has 0 N–H and O–H groups in total. The molecule has 2 heterocycles. The molecule has 0 amide bonds. The number of benzene rings is 1. The van der Waals surface area contributed by atoms with Gasteiger partial charge < -0.3 is 33.5 Å². The van der Waals surface area contributed by atoms with E-state index < -0.39 is 5.79 Å². The first kappa shape index (κ1) is 19.9. The largest absolute Gasteiger partial charge is 1.00 e. The van der Waals surface area contributed by atoms with Gasteiger partial charge in [0.2, 0.25) is 12.1 Å². The van der Waals surface area contributed by atoms with Crippen LogP contribution >= 0.6 is 23.2 Å². The van der Waals surface area contributed by atoms with E-state index in [2.05, 4.69) is 12.0 Å². The van der Waals surface area contributed by atoms with Crippen molar-refractivity contribution in [3.8, 4) is 0 Å². The van der Waals surface area contributed by atoms with Gasteiger partial charge in [0.25, 0.3) is 6.33 Å². The van der Waals surface area contributed by atoms with Crippen molar-refractivity contribution in [1.29, 1.82) is 0 Å². The number of halogens is 3. The highest BCUT2D eigenvalue weighted by Crippen LogP contribution is 2.41. The first-order chi connectivity index (χ1) is 11.0. The summed E-state index contributed by atoms with van der Waals surface area (Å²) in [7, 11) is 1.92. The summed E-state index contributed by atoms with van der Waals surface area (Å²) in [5.41, 5.74) is 0.778. The molecule has 1 aromatic heterocycles. The molecule has 1 aromatic carbocycles. The Labute approximate surface area is 168 Å². The van der Waals surface area contributed by atoms with Gasteiger partial charge in [0.05, 0.1) is 24.8 Å². The van der Waals surface area contributed by atoms with Gasteiger partial charge in [0.1, 0.15) is 0 Å². The van der Waals surface area contributed by atoms with Gasteiger partial charge in [-0.15, -0.1) is 4.68 Å². The van der Waals surface area contributed by atoms with E-state index in [1.165, 1.54) is 0 Å². The average Bonchev–Trinajstić information content (AvgIpc) is 3.07. The van der Waals surface area contributed by atoms with Gasteiger partial charge >= 0.3 is 0 Å². The van der Waals surface area contributed by atoms with E-state index in [1.54, 1.807) is 23.1 Å². The summed E-state index contributed by atoms with van der Waals surface area (Å²) in [5.74, 6) is -0.944. The van der Waals surface area contributed by atoms with Crippen molar-refractivity contribution in [1.82, 2.24) is 9.78 Å².